The first-order valence-electron chi connectivity index (χ1n) is 11.6. The molecule has 5 nitrogen and oxygen atoms in total. The maximum Gasteiger partial charge on any atom is 0.225 e. The minimum atomic E-state index is -3.65. The fourth-order valence-electron chi connectivity index (χ4n) is 4.36. The lowest BCUT2D eigenvalue weighted by atomic mass is 9.94. The molecule has 1 fully saturated rings. The second kappa shape index (κ2) is 11.1. The number of piperidine rings is 1. The van der Waals surface area contributed by atoms with E-state index < -0.39 is 15.9 Å². The van der Waals surface area contributed by atoms with Crippen molar-refractivity contribution in [3.63, 3.8) is 0 Å². The highest BCUT2D eigenvalue weighted by Gasteiger charge is 2.33. The van der Waals surface area contributed by atoms with Crippen molar-refractivity contribution >= 4 is 39.1 Å². The second-order valence-corrected chi connectivity index (χ2v) is 11.8. The molecule has 184 valence electrons. The van der Waals surface area contributed by atoms with Gasteiger partial charge in [-0.25, -0.2) is 12.7 Å². The Hall–Kier alpha value is -2.38. The molecule has 0 unspecified atom stereocenters. The third kappa shape index (κ3) is 6.44. The van der Waals surface area contributed by atoms with Gasteiger partial charge in [0.25, 0.3) is 0 Å². The maximum atomic E-state index is 13.4. The van der Waals surface area contributed by atoms with Gasteiger partial charge < -0.3 is 5.32 Å². The summed E-state index contributed by atoms with van der Waals surface area (Å²) < 4.78 is 27.7. The van der Waals surface area contributed by atoms with Crippen molar-refractivity contribution < 1.29 is 13.2 Å². The number of sulfonamides is 1. The van der Waals surface area contributed by atoms with E-state index in [-0.39, 0.29) is 24.2 Å². The standard InChI is InChI=1S/C27H28Cl2N2O3S/c1-19-9-11-21(12-10-19)26(20-6-3-2-4-7-20)30-27(32)22-8-5-15-31(17-22)35(33,34)18-23-13-14-24(28)16-25(23)29/h2-4,6-7,9-14,16,22,26H,5,8,15,17-18H2,1H3,(H,30,32)/t22-,26-/m1/s1. The van der Waals surface area contributed by atoms with Gasteiger partial charge in [-0.3, -0.25) is 4.79 Å². The van der Waals surface area contributed by atoms with Crippen molar-refractivity contribution in [1.82, 2.24) is 9.62 Å². The molecule has 0 saturated carbocycles. The van der Waals surface area contributed by atoms with E-state index >= 15 is 0 Å². The van der Waals surface area contributed by atoms with Gasteiger partial charge in [0.05, 0.1) is 17.7 Å². The van der Waals surface area contributed by atoms with Gasteiger partial charge in [0.1, 0.15) is 0 Å². The van der Waals surface area contributed by atoms with Gasteiger partial charge in [0.15, 0.2) is 0 Å². The smallest absolute Gasteiger partial charge is 0.225 e. The molecule has 0 aromatic heterocycles. The first kappa shape index (κ1) is 25.7. The molecule has 0 aliphatic carbocycles. The van der Waals surface area contributed by atoms with Crippen LogP contribution in [0.1, 0.15) is 41.1 Å². The quantitative estimate of drug-likeness (QED) is 0.422. The van der Waals surface area contributed by atoms with Crippen molar-refractivity contribution in [1.29, 1.82) is 0 Å². The zero-order valence-corrected chi connectivity index (χ0v) is 21.8. The number of amides is 1. The average molecular weight is 532 g/mol. The fraction of sp³-hybridized carbons (Fsp3) is 0.296. The van der Waals surface area contributed by atoms with Crippen LogP contribution in [0.4, 0.5) is 0 Å². The number of halogens is 2. The van der Waals surface area contributed by atoms with Crippen molar-refractivity contribution in [2.45, 2.75) is 31.6 Å². The summed E-state index contributed by atoms with van der Waals surface area (Å²) in [6.07, 6.45) is 1.25. The number of hydrogen-bond donors (Lipinski definition) is 1. The number of aryl methyl sites for hydroxylation is 1. The molecule has 3 aromatic carbocycles. The van der Waals surface area contributed by atoms with Gasteiger partial charge in [-0.15, -0.1) is 0 Å². The molecule has 3 aromatic rings. The van der Waals surface area contributed by atoms with Crippen LogP contribution < -0.4 is 5.32 Å². The molecule has 1 heterocycles. The Morgan fingerprint density at radius 2 is 1.71 bits per heavy atom. The van der Waals surface area contributed by atoms with Crippen LogP contribution in [0, 0.1) is 12.8 Å². The summed E-state index contributed by atoms with van der Waals surface area (Å²) in [7, 11) is -3.65. The fourth-order valence-corrected chi connectivity index (χ4v) is 6.56. The van der Waals surface area contributed by atoms with Crippen LogP contribution in [0.15, 0.2) is 72.8 Å². The lowest BCUT2D eigenvalue weighted by Gasteiger charge is -2.32. The number of hydrogen-bond acceptors (Lipinski definition) is 3. The molecular formula is C27H28Cl2N2O3S. The van der Waals surface area contributed by atoms with Gasteiger partial charge in [0, 0.05) is 23.1 Å². The SMILES string of the molecule is Cc1ccc([C@H](NC(=O)[C@@H]2CCCN(S(=O)(=O)Cc3ccc(Cl)cc3Cl)C2)c2ccccc2)cc1. The largest absolute Gasteiger partial charge is 0.345 e. The van der Waals surface area contributed by atoms with Gasteiger partial charge in [-0.2, -0.15) is 0 Å². The average Bonchev–Trinajstić information content (AvgIpc) is 2.85. The van der Waals surface area contributed by atoms with Crippen LogP contribution in [-0.4, -0.2) is 31.7 Å². The predicted octanol–water partition coefficient (Wildman–Crippen LogP) is 5.75. The Morgan fingerprint density at radius 1 is 1.03 bits per heavy atom. The monoisotopic (exact) mass is 530 g/mol. The van der Waals surface area contributed by atoms with Crippen LogP contribution >= 0.6 is 23.2 Å². The predicted molar refractivity (Wildman–Crippen MR) is 141 cm³/mol. The van der Waals surface area contributed by atoms with Gasteiger partial charge in [-0.1, -0.05) is 89.4 Å². The molecule has 0 spiro atoms. The van der Waals surface area contributed by atoms with Crippen LogP contribution in [-0.2, 0) is 20.6 Å². The zero-order valence-electron chi connectivity index (χ0n) is 19.5. The van der Waals surface area contributed by atoms with E-state index in [9.17, 15) is 13.2 Å². The van der Waals surface area contributed by atoms with Crippen molar-refractivity contribution in [3.05, 3.63) is 105 Å². The molecule has 1 aliphatic rings. The summed E-state index contributed by atoms with van der Waals surface area (Å²) in [6.45, 7) is 2.56. The Kier molecular flexibility index (Phi) is 8.17. The third-order valence-corrected chi connectivity index (χ3v) is 8.71. The number of carbonyl (C=O) groups excluding carboxylic acids is 1. The van der Waals surface area contributed by atoms with Crippen molar-refractivity contribution in [2.24, 2.45) is 5.92 Å². The molecule has 1 aliphatic heterocycles. The lowest BCUT2D eigenvalue weighted by molar-refractivity contribution is -0.126. The number of benzene rings is 3. The summed E-state index contributed by atoms with van der Waals surface area (Å²) in [5, 5.41) is 3.95. The molecule has 8 heteroatoms. The molecule has 0 radical (unpaired) electrons. The molecule has 35 heavy (non-hydrogen) atoms. The highest BCUT2D eigenvalue weighted by Crippen LogP contribution is 2.28. The van der Waals surface area contributed by atoms with E-state index in [1.165, 1.54) is 10.4 Å². The highest BCUT2D eigenvalue weighted by molar-refractivity contribution is 7.88. The molecule has 2 atom stereocenters. The summed E-state index contributed by atoms with van der Waals surface area (Å²) in [4.78, 5) is 13.4. The van der Waals surface area contributed by atoms with Crippen LogP contribution in [0.5, 0.6) is 0 Å². The van der Waals surface area contributed by atoms with E-state index in [1.54, 1.807) is 12.1 Å². The summed E-state index contributed by atoms with van der Waals surface area (Å²) in [6, 6.07) is 22.3. The van der Waals surface area contributed by atoms with Crippen LogP contribution in [0.2, 0.25) is 10.0 Å². The van der Waals surface area contributed by atoms with E-state index in [0.717, 1.165) is 16.7 Å². The molecule has 1 amide bonds. The Morgan fingerprint density at radius 3 is 2.40 bits per heavy atom. The molecule has 0 bridgehead atoms. The highest BCUT2D eigenvalue weighted by atomic mass is 35.5. The third-order valence-electron chi connectivity index (χ3n) is 6.33. The Balaban J connectivity index is 1.50. The second-order valence-electron chi connectivity index (χ2n) is 8.95. The van der Waals surface area contributed by atoms with Crippen LogP contribution in [0.25, 0.3) is 0 Å². The van der Waals surface area contributed by atoms with Gasteiger partial charge in [-0.05, 0) is 48.6 Å². The molecular weight excluding hydrogens is 503 g/mol. The van der Waals surface area contributed by atoms with E-state index in [0.29, 0.717) is 35.0 Å². The number of nitrogens with one attached hydrogen (secondary N) is 1. The van der Waals surface area contributed by atoms with Crippen LogP contribution in [0.3, 0.4) is 0 Å². The summed E-state index contributed by atoms with van der Waals surface area (Å²) >= 11 is 12.1. The maximum absolute atomic E-state index is 13.4. The molecule has 1 N–H and O–H groups in total. The molecule has 4 rings (SSSR count). The minimum absolute atomic E-state index is 0.148. The van der Waals surface area contributed by atoms with E-state index in [4.69, 9.17) is 23.2 Å². The lowest BCUT2D eigenvalue weighted by Crippen LogP contribution is -2.46. The normalized spacial score (nSPS) is 17.6. The summed E-state index contributed by atoms with van der Waals surface area (Å²) in [5.41, 5.74) is 3.59. The number of rotatable bonds is 7. The Bertz CT molecular complexity index is 1280. The first-order valence-corrected chi connectivity index (χ1v) is 13.9. The minimum Gasteiger partial charge on any atom is -0.345 e. The Labute approximate surface area is 217 Å². The van der Waals surface area contributed by atoms with E-state index in [2.05, 4.69) is 5.32 Å². The van der Waals surface area contributed by atoms with Crippen molar-refractivity contribution in [3.8, 4) is 0 Å². The first-order chi connectivity index (χ1) is 16.7. The van der Waals surface area contributed by atoms with Gasteiger partial charge in [0.2, 0.25) is 15.9 Å². The molecule has 1 saturated heterocycles. The van der Waals surface area contributed by atoms with Crippen molar-refractivity contribution in [2.75, 3.05) is 13.1 Å². The van der Waals surface area contributed by atoms with E-state index in [1.807, 2.05) is 61.5 Å². The van der Waals surface area contributed by atoms with Gasteiger partial charge >= 0.3 is 0 Å². The number of carbonyl (C=O) groups is 1. The summed E-state index contributed by atoms with van der Waals surface area (Å²) in [5.74, 6) is -0.812. The number of nitrogens with zero attached hydrogens (tertiary/aromatic N) is 1. The zero-order chi connectivity index (χ0) is 25.0. The topological polar surface area (TPSA) is 66.5 Å².